The summed E-state index contributed by atoms with van der Waals surface area (Å²) in [6.07, 6.45) is 4.29. The van der Waals surface area contributed by atoms with Crippen LogP contribution in [0.3, 0.4) is 0 Å². The molecule has 0 aliphatic heterocycles. The minimum atomic E-state index is -0.0229. The van der Waals surface area contributed by atoms with E-state index in [0.29, 0.717) is 13.0 Å². The Morgan fingerprint density at radius 3 is 2.68 bits per heavy atom. The fraction of sp³-hybridized carbons (Fsp3) is 0.300. The normalized spacial score (nSPS) is 12.4. The molecule has 0 unspecified atom stereocenters. The van der Waals surface area contributed by atoms with Gasteiger partial charge >= 0.3 is 0 Å². The highest BCUT2D eigenvalue weighted by atomic mass is 16.1. The molecule has 1 atom stereocenters. The molecule has 1 amide bonds. The van der Waals surface area contributed by atoms with Crippen LogP contribution in [0.1, 0.15) is 23.6 Å². The van der Waals surface area contributed by atoms with Crippen molar-refractivity contribution in [3.8, 4) is 0 Å². The van der Waals surface area contributed by atoms with E-state index in [2.05, 4.69) is 40.9 Å². The zero-order valence-electron chi connectivity index (χ0n) is 14.8. The highest BCUT2D eigenvalue weighted by Gasteiger charge is 2.21. The Kier molecular flexibility index (Phi) is 5.46. The van der Waals surface area contributed by atoms with Gasteiger partial charge in [-0.25, -0.2) is 4.98 Å². The maximum absolute atomic E-state index is 12.5. The SMILES string of the molecule is C[NH+](C)CCNC(=O)C[C@H](c1ccccc1)c1cnc2ccccn12. The van der Waals surface area contributed by atoms with Crippen molar-refractivity contribution in [2.75, 3.05) is 27.2 Å². The average Bonchev–Trinajstić information content (AvgIpc) is 3.04. The molecule has 3 aromatic rings. The molecular weight excluding hydrogens is 312 g/mol. The number of rotatable bonds is 7. The molecule has 0 fully saturated rings. The Morgan fingerprint density at radius 1 is 1.16 bits per heavy atom. The Morgan fingerprint density at radius 2 is 1.92 bits per heavy atom. The first-order valence-corrected chi connectivity index (χ1v) is 8.68. The van der Waals surface area contributed by atoms with Gasteiger partial charge < -0.3 is 14.6 Å². The molecule has 3 rings (SSSR count). The van der Waals surface area contributed by atoms with Gasteiger partial charge in [-0.2, -0.15) is 0 Å². The number of quaternary nitrogens is 1. The second kappa shape index (κ2) is 7.94. The van der Waals surface area contributed by atoms with E-state index in [9.17, 15) is 4.79 Å². The summed E-state index contributed by atoms with van der Waals surface area (Å²) in [4.78, 5) is 18.3. The smallest absolute Gasteiger partial charge is 0.221 e. The molecule has 25 heavy (non-hydrogen) atoms. The van der Waals surface area contributed by atoms with Gasteiger partial charge in [-0.15, -0.1) is 0 Å². The van der Waals surface area contributed by atoms with Crippen LogP contribution >= 0.6 is 0 Å². The molecule has 1 aromatic carbocycles. The summed E-state index contributed by atoms with van der Waals surface area (Å²) in [6, 6.07) is 16.1. The molecule has 0 aliphatic carbocycles. The summed E-state index contributed by atoms with van der Waals surface area (Å²) in [7, 11) is 4.16. The van der Waals surface area contributed by atoms with Crippen molar-refractivity contribution in [2.24, 2.45) is 0 Å². The summed E-state index contributed by atoms with van der Waals surface area (Å²) < 4.78 is 2.06. The number of pyridine rings is 1. The average molecular weight is 337 g/mol. The van der Waals surface area contributed by atoms with E-state index in [1.54, 1.807) is 0 Å². The predicted octanol–water partition coefficient (Wildman–Crippen LogP) is 1.12. The van der Waals surface area contributed by atoms with Gasteiger partial charge in [-0.05, 0) is 17.7 Å². The maximum atomic E-state index is 12.5. The first-order valence-electron chi connectivity index (χ1n) is 8.68. The van der Waals surface area contributed by atoms with Crippen molar-refractivity contribution in [1.29, 1.82) is 0 Å². The van der Waals surface area contributed by atoms with Crippen LogP contribution in [-0.4, -0.2) is 42.5 Å². The number of hydrogen-bond acceptors (Lipinski definition) is 2. The van der Waals surface area contributed by atoms with Crippen LogP contribution in [0, 0.1) is 0 Å². The summed E-state index contributed by atoms with van der Waals surface area (Å²) in [5.41, 5.74) is 3.06. The highest BCUT2D eigenvalue weighted by Crippen LogP contribution is 2.28. The van der Waals surface area contributed by atoms with E-state index in [-0.39, 0.29) is 11.8 Å². The lowest BCUT2D eigenvalue weighted by atomic mass is 9.92. The van der Waals surface area contributed by atoms with Crippen molar-refractivity contribution in [3.05, 3.63) is 72.2 Å². The van der Waals surface area contributed by atoms with Gasteiger partial charge in [0.1, 0.15) is 5.65 Å². The summed E-state index contributed by atoms with van der Waals surface area (Å²) in [5, 5.41) is 3.03. The molecule has 0 radical (unpaired) electrons. The molecule has 0 spiro atoms. The van der Waals surface area contributed by atoms with E-state index >= 15 is 0 Å². The van der Waals surface area contributed by atoms with Crippen molar-refractivity contribution in [1.82, 2.24) is 14.7 Å². The zero-order chi connectivity index (χ0) is 17.6. The van der Waals surface area contributed by atoms with E-state index in [4.69, 9.17) is 0 Å². The van der Waals surface area contributed by atoms with Gasteiger partial charge in [0.05, 0.1) is 32.9 Å². The highest BCUT2D eigenvalue weighted by molar-refractivity contribution is 5.77. The van der Waals surface area contributed by atoms with Crippen molar-refractivity contribution < 1.29 is 9.69 Å². The molecule has 0 aliphatic rings. The van der Waals surface area contributed by atoms with Crippen LogP contribution in [0.2, 0.25) is 0 Å². The second-order valence-electron chi connectivity index (χ2n) is 6.59. The third kappa shape index (κ3) is 4.25. The van der Waals surface area contributed by atoms with Crippen molar-refractivity contribution in [3.63, 3.8) is 0 Å². The minimum Gasteiger partial charge on any atom is -0.350 e. The van der Waals surface area contributed by atoms with Crippen LogP contribution in [0.15, 0.2) is 60.9 Å². The molecule has 130 valence electrons. The number of hydrogen-bond donors (Lipinski definition) is 2. The van der Waals surface area contributed by atoms with Gasteiger partial charge in [-0.1, -0.05) is 36.4 Å². The Hall–Kier alpha value is -2.66. The number of benzene rings is 1. The fourth-order valence-corrected chi connectivity index (χ4v) is 3.00. The van der Waals surface area contributed by atoms with Crippen LogP contribution in [0.5, 0.6) is 0 Å². The molecule has 0 bridgehead atoms. The van der Waals surface area contributed by atoms with E-state index in [1.807, 2.05) is 48.8 Å². The molecule has 0 saturated heterocycles. The van der Waals surface area contributed by atoms with Gasteiger partial charge in [0.2, 0.25) is 5.91 Å². The number of nitrogens with zero attached hydrogens (tertiary/aromatic N) is 2. The van der Waals surface area contributed by atoms with Crippen LogP contribution in [-0.2, 0) is 4.79 Å². The topological polar surface area (TPSA) is 50.8 Å². The number of likely N-dealkylation sites (N-methyl/N-ethyl adjacent to an activating group) is 1. The number of fused-ring (bicyclic) bond motifs is 1. The van der Waals surface area contributed by atoms with E-state index in [0.717, 1.165) is 23.4 Å². The predicted molar refractivity (Wildman–Crippen MR) is 98.8 cm³/mol. The number of carbonyl (C=O) groups excluding carboxylic acids is 1. The third-order valence-corrected chi connectivity index (χ3v) is 4.34. The molecule has 2 N–H and O–H groups in total. The lowest BCUT2D eigenvalue weighted by molar-refractivity contribution is -0.856. The van der Waals surface area contributed by atoms with Crippen LogP contribution < -0.4 is 10.2 Å². The third-order valence-electron chi connectivity index (χ3n) is 4.34. The van der Waals surface area contributed by atoms with Crippen molar-refractivity contribution in [2.45, 2.75) is 12.3 Å². The Bertz CT molecular complexity index is 826. The Balaban J connectivity index is 1.85. The molecule has 2 aromatic heterocycles. The molecule has 0 saturated carbocycles. The lowest BCUT2D eigenvalue weighted by Gasteiger charge is -2.17. The summed E-state index contributed by atoms with van der Waals surface area (Å²) in [6.45, 7) is 1.60. The van der Waals surface area contributed by atoms with E-state index < -0.39 is 0 Å². The number of amides is 1. The molecule has 2 heterocycles. The summed E-state index contributed by atoms with van der Waals surface area (Å²) in [5.74, 6) is 0.0475. The van der Waals surface area contributed by atoms with Gasteiger partial charge in [0, 0.05) is 24.7 Å². The monoisotopic (exact) mass is 337 g/mol. The van der Waals surface area contributed by atoms with Crippen LogP contribution in [0.4, 0.5) is 0 Å². The van der Waals surface area contributed by atoms with Gasteiger partial charge in [0.15, 0.2) is 0 Å². The zero-order valence-corrected chi connectivity index (χ0v) is 14.8. The molecule has 5 nitrogen and oxygen atoms in total. The molecule has 5 heteroatoms. The number of nitrogens with one attached hydrogen (secondary N) is 2. The van der Waals surface area contributed by atoms with Gasteiger partial charge in [0.25, 0.3) is 0 Å². The fourth-order valence-electron chi connectivity index (χ4n) is 3.00. The molecular formula is C20H25N4O+. The minimum absolute atomic E-state index is 0.0229. The number of carbonyl (C=O) groups is 1. The maximum Gasteiger partial charge on any atom is 0.221 e. The second-order valence-corrected chi connectivity index (χ2v) is 6.59. The summed E-state index contributed by atoms with van der Waals surface area (Å²) >= 11 is 0. The van der Waals surface area contributed by atoms with Gasteiger partial charge in [-0.3, -0.25) is 4.79 Å². The number of aromatic nitrogens is 2. The Labute approximate surface area is 148 Å². The first kappa shape index (κ1) is 17.2. The van der Waals surface area contributed by atoms with Crippen LogP contribution in [0.25, 0.3) is 5.65 Å². The standard InChI is InChI=1S/C20H24N4O/c1-23(2)13-11-21-20(25)14-17(16-8-4-3-5-9-16)18-15-22-19-10-6-7-12-24(18)19/h3-10,12,15,17H,11,13-14H2,1-2H3,(H,21,25)/p+1/t17-/m1/s1. The van der Waals surface area contributed by atoms with Crippen molar-refractivity contribution >= 4 is 11.6 Å². The lowest BCUT2D eigenvalue weighted by Crippen LogP contribution is -3.06. The number of imidazole rings is 1. The quantitative estimate of drug-likeness (QED) is 0.679. The largest absolute Gasteiger partial charge is 0.350 e. The van der Waals surface area contributed by atoms with E-state index in [1.165, 1.54) is 4.90 Å². The first-order chi connectivity index (χ1) is 12.1.